The van der Waals surface area contributed by atoms with E-state index < -0.39 is 17.7 Å². The molecule has 1 aliphatic carbocycles. The number of nitrogens with zero attached hydrogens (tertiary/aromatic N) is 6. The van der Waals surface area contributed by atoms with Crippen molar-refractivity contribution in [3.63, 3.8) is 0 Å². The summed E-state index contributed by atoms with van der Waals surface area (Å²) >= 11 is 0. The minimum Gasteiger partial charge on any atom is -0.350 e. The molecule has 2 aliphatic rings. The number of aryl methyl sites for hydroxylation is 1. The average Bonchev–Trinajstić information content (AvgIpc) is 3.71. The van der Waals surface area contributed by atoms with E-state index in [9.17, 15) is 13.6 Å². The van der Waals surface area contributed by atoms with Crippen LogP contribution < -0.4 is 10.5 Å². The van der Waals surface area contributed by atoms with Crippen LogP contribution in [0.15, 0.2) is 41.5 Å². The molecule has 0 radical (unpaired) electrons. The standard InChI is InChI=1S/C26H24F2N6O/c1-14-15(2)26(32-34-23(35)10-22(24(27)28)31-25(14)34)33-8-7-21-19(13-33)9-18(12-30-21)17-5-6-20(29-11-17)16-3-4-16/h5-6,9-12,16,24H,3-4,7-8,13H2,1-2H3. The summed E-state index contributed by atoms with van der Waals surface area (Å²) in [5.74, 6) is 1.26. The fourth-order valence-corrected chi connectivity index (χ4v) is 4.71. The maximum atomic E-state index is 13.2. The molecule has 0 aromatic carbocycles. The monoisotopic (exact) mass is 474 g/mol. The zero-order valence-electron chi connectivity index (χ0n) is 19.5. The molecular formula is C26H24F2N6O. The van der Waals surface area contributed by atoms with E-state index in [1.807, 2.05) is 19.3 Å². The first-order valence-corrected chi connectivity index (χ1v) is 11.8. The van der Waals surface area contributed by atoms with Crippen molar-refractivity contribution in [3.8, 4) is 11.1 Å². The molecule has 1 fully saturated rings. The van der Waals surface area contributed by atoms with Gasteiger partial charge >= 0.3 is 0 Å². The van der Waals surface area contributed by atoms with Gasteiger partial charge in [0.1, 0.15) is 5.69 Å². The summed E-state index contributed by atoms with van der Waals surface area (Å²) in [6.07, 6.45) is 4.19. The van der Waals surface area contributed by atoms with Gasteiger partial charge in [0.05, 0.1) is 0 Å². The fourth-order valence-electron chi connectivity index (χ4n) is 4.71. The van der Waals surface area contributed by atoms with Gasteiger partial charge in [-0.3, -0.25) is 14.8 Å². The molecule has 0 N–H and O–H groups in total. The maximum Gasteiger partial charge on any atom is 0.280 e. The third-order valence-corrected chi connectivity index (χ3v) is 7.02. The number of alkyl halides is 2. The first-order chi connectivity index (χ1) is 16.9. The molecule has 4 aromatic heterocycles. The summed E-state index contributed by atoms with van der Waals surface area (Å²) in [6, 6.07) is 7.22. The van der Waals surface area contributed by atoms with Gasteiger partial charge in [0.2, 0.25) is 0 Å². The predicted octanol–water partition coefficient (Wildman–Crippen LogP) is 4.54. The van der Waals surface area contributed by atoms with Crippen LogP contribution in [-0.4, -0.2) is 31.1 Å². The highest BCUT2D eigenvalue weighted by Gasteiger charge is 2.26. The lowest BCUT2D eigenvalue weighted by molar-refractivity contribution is 0.146. The van der Waals surface area contributed by atoms with E-state index in [1.54, 1.807) is 6.92 Å². The Morgan fingerprint density at radius 3 is 2.54 bits per heavy atom. The Bertz CT molecular complexity index is 1510. The molecular weight excluding hydrogens is 450 g/mol. The lowest BCUT2D eigenvalue weighted by atomic mass is 10.00. The second-order valence-electron chi connectivity index (χ2n) is 9.38. The molecule has 5 heterocycles. The first-order valence-electron chi connectivity index (χ1n) is 11.8. The molecule has 0 saturated heterocycles. The number of aromatic nitrogens is 5. The molecule has 0 unspecified atom stereocenters. The molecule has 0 amide bonds. The van der Waals surface area contributed by atoms with Crippen LogP contribution in [-0.2, 0) is 13.0 Å². The number of rotatable bonds is 4. The van der Waals surface area contributed by atoms with Crippen molar-refractivity contribution in [2.24, 2.45) is 0 Å². The zero-order chi connectivity index (χ0) is 24.3. The largest absolute Gasteiger partial charge is 0.350 e. The second-order valence-corrected chi connectivity index (χ2v) is 9.38. The first kappa shape index (κ1) is 21.8. The van der Waals surface area contributed by atoms with Gasteiger partial charge in [-0.2, -0.15) is 4.52 Å². The number of pyridine rings is 2. The fraction of sp³-hybridized carbons (Fsp3) is 0.346. The summed E-state index contributed by atoms with van der Waals surface area (Å²) in [4.78, 5) is 28.0. The van der Waals surface area contributed by atoms with Gasteiger partial charge < -0.3 is 4.90 Å². The van der Waals surface area contributed by atoms with Crippen LogP contribution in [0, 0.1) is 13.8 Å². The minimum atomic E-state index is -2.81. The Balaban J connectivity index is 1.35. The highest BCUT2D eigenvalue weighted by molar-refractivity contribution is 5.64. The van der Waals surface area contributed by atoms with Crippen LogP contribution in [0.2, 0.25) is 0 Å². The van der Waals surface area contributed by atoms with Crippen molar-refractivity contribution < 1.29 is 8.78 Å². The van der Waals surface area contributed by atoms with E-state index in [0.717, 1.165) is 50.6 Å². The van der Waals surface area contributed by atoms with E-state index in [4.69, 9.17) is 4.98 Å². The highest BCUT2D eigenvalue weighted by atomic mass is 19.3. The lowest BCUT2D eigenvalue weighted by Crippen LogP contribution is -2.34. The van der Waals surface area contributed by atoms with Gasteiger partial charge in [0.25, 0.3) is 12.0 Å². The number of anilines is 1. The minimum absolute atomic E-state index is 0.164. The number of fused-ring (bicyclic) bond motifs is 2. The highest BCUT2D eigenvalue weighted by Crippen LogP contribution is 2.39. The molecule has 1 saturated carbocycles. The van der Waals surface area contributed by atoms with Crippen LogP contribution in [0.3, 0.4) is 0 Å². The van der Waals surface area contributed by atoms with Gasteiger partial charge in [-0.15, -0.1) is 5.10 Å². The van der Waals surface area contributed by atoms with Gasteiger partial charge in [-0.25, -0.2) is 13.8 Å². The van der Waals surface area contributed by atoms with Crippen molar-refractivity contribution in [3.05, 3.63) is 80.8 Å². The maximum absolute atomic E-state index is 13.2. The summed E-state index contributed by atoms with van der Waals surface area (Å²) in [5.41, 5.74) is 5.84. The van der Waals surface area contributed by atoms with Crippen LogP contribution in [0.4, 0.5) is 14.6 Å². The van der Waals surface area contributed by atoms with Gasteiger partial charge in [0.15, 0.2) is 11.5 Å². The smallest absolute Gasteiger partial charge is 0.280 e. The third-order valence-electron chi connectivity index (χ3n) is 7.02. The van der Waals surface area contributed by atoms with Crippen LogP contribution in [0.5, 0.6) is 0 Å². The summed E-state index contributed by atoms with van der Waals surface area (Å²) in [5, 5.41) is 4.54. The van der Waals surface area contributed by atoms with Crippen LogP contribution in [0.1, 0.15) is 59.0 Å². The van der Waals surface area contributed by atoms with Gasteiger partial charge in [-0.05, 0) is 44.4 Å². The number of hydrogen-bond acceptors (Lipinski definition) is 6. The average molecular weight is 475 g/mol. The Kier molecular flexibility index (Phi) is 5.09. The second kappa shape index (κ2) is 8.18. The Morgan fingerprint density at radius 1 is 1.03 bits per heavy atom. The normalized spacial score (nSPS) is 15.6. The van der Waals surface area contributed by atoms with Crippen molar-refractivity contribution in [2.75, 3.05) is 11.4 Å². The molecule has 178 valence electrons. The molecule has 6 rings (SSSR count). The molecule has 35 heavy (non-hydrogen) atoms. The molecule has 1 aliphatic heterocycles. The topological polar surface area (TPSA) is 76.3 Å². The van der Waals surface area contributed by atoms with Crippen LogP contribution in [0.25, 0.3) is 16.8 Å². The van der Waals surface area contributed by atoms with Crippen molar-refractivity contribution in [1.29, 1.82) is 0 Å². The van der Waals surface area contributed by atoms with Crippen LogP contribution >= 0.6 is 0 Å². The number of halogens is 2. The zero-order valence-corrected chi connectivity index (χ0v) is 19.5. The van der Waals surface area contributed by atoms with Crippen molar-refractivity contribution in [2.45, 2.75) is 52.0 Å². The van der Waals surface area contributed by atoms with Gasteiger partial charge in [0, 0.05) is 77.5 Å². The van der Waals surface area contributed by atoms with Gasteiger partial charge in [-0.1, -0.05) is 6.07 Å². The summed E-state index contributed by atoms with van der Waals surface area (Å²) < 4.78 is 27.5. The van der Waals surface area contributed by atoms with E-state index in [0.29, 0.717) is 30.4 Å². The summed E-state index contributed by atoms with van der Waals surface area (Å²) in [7, 11) is 0. The van der Waals surface area contributed by atoms with E-state index in [-0.39, 0.29) is 5.65 Å². The lowest BCUT2D eigenvalue weighted by Gasteiger charge is -2.31. The molecule has 7 nitrogen and oxygen atoms in total. The Labute approximate surface area is 200 Å². The van der Waals surface area contributed by atoms with E-state index in [2.05, 4.69) is 38.2 Å². The Morgan fingerprint density at radius 2 is 1.83 bits per heavy atom. The van der Waals surface area contributed by atoms with E-state index >= 15 is 0 Å². The van der Waals surface area contributed by atoms with E-state index in [1.165, 1.54) is 12.8 Å². The van der Waals surface area contributed by atoms with Crippen molar-refractivity contribution >= 4 is 11.5 Å². The third kappa shape index (κ3) is 3.84. The van der Waals surface area contributed by atoms with Crippen molar-refractivity contribution in [1.82, 2.24) is 24.6 Å². The number of hydrogen-bond donors (Lipinski definition) is 0. The predicted molar refractivity (Wildman–Crippen MR) is 128 cm³/mol. The SMILES string of the molecule is Cc1c(N2CCc3ncc(-c4ccc(C5CC5)nc4)cc3C2)nn2c(=O)cc(C(F)F)nc2c1C. The molecule has 0 spiro atoms. The molecule has 0 bridgehead atoms. The molecule has 0 atom stereocenters. The quantitative estimate of drug-likeness (QED) is 0.432. The molecule has 9 heteroatoms. The molecule has 4 aromatic rings. The summed E-state index contributed by atoms with van der Waals surface area (Å²) in [6.45, 7) is 4.94. The Hall–Kier alpha value is -3.75.